The van der Waals surface area contributed by atoms with Crippen LogP contribution in [0.3, 0.4) is 0 Å². The Bertz CT molecular complexity index is 1160. The van der Waals surface area contributed by atoms with Crippen LogP contribution in [0.1, 0.15) is 17.0 Å². The molecular weight excluding hydrogens is 460 g/mol. The Morgan fingerprint density at radius 3 is 2.61 bits per heavy atom. The summed E-state index contributed by atoms with van der Waals surface area (Å²) in [5, 5.41) is 0.670. The van der Waals surface area contributed by atoms with E-state index in [1.807, 2.05) is 54.1 Å². The van der Waals surface area contributed by atoms with Crippen molar-refractivity contribution in [3.63, 3.8) is 0 Å². The van der Waals surface area contributed by atoms with E-state index >= 15 is 0 Å². The van der Waals surface area contributed by atoms with Gasteiger partial charge in [-0.2, -0.15) is 4.31 Å². The second kappa shape index (κ2) is 10.8. The van der Waals surface area contributed by atoms with Gasteiger partial charge in [0.05, 0.1) is 24.7 Å². The van der Waals surface area contributed by atoms with Crippen molar-refractivity contribution in [2.45, 2.75) is 24.9 Å². The van der Waals surface area contributed by atoms with E-state index in [0.29, 0.717) is 48.6 Å². The lowest BCUT2D eigenvalue weighted by molar-refractivity contribution is 0.0360. The minimum atomic E-state index is -3.69. The Morgan fingerprint density at radius 2 is 1.88 bits per heavy atom. The molecule has 2 aromatic carbocycles. The fourth-order valence-electron chi connectivity index (χ4n) is 3.85. The molecule has 4 rings (SSSR count). The molecule has 0 aliphatic carbocycles. The molecule has 3 aromatic rings. The van der Waals surface area contributed by atoms with Crippen molar-refractivity contribution in [3.8, 4) is 0 Å². The van der Waals surface area contributed by atoms with Gasteiger partial charge in [-0.05, 0) is 36.8 Å². The molecule has 2 heterocycles. The largest absolute Gasteiger partial charge is 0.379 e. The fraction of sp³-hybridized carbons (Fsp3) is 0.375. The number of benzene rings is 2. The number of sulfonamides is 1. The van der Waals surface area contributed by atoms with E-state index in [-0.39, 0.29) is 6.54 Å². The van der Waals surface area contributed by atoms with Crippen LogP contribution in [-0.2, 0) is 27.8 Å². The summed E-state index contributed by atoms with van der Waals surface area (Å²) in [6.45, 7) is 6.68. The molecule has 0 atom stereocenters. The van der Waals surface area contributed by atoms with E-state index in [2.05, 4.69) is 9.88 Å². The first-order chi connectivity index (χ1) is 15.9. The van der Waals surface area contributed by atoms with Crippen LogP contribution in [0.4, 0.5) is 0 Å². The lowest BCUT2D eigenvalue weighted by Crippen LogP contribution is -2.43. The average molecular weight is 489 g/mol. The highest BCUT2D eigenvalue weighted by Gasteiger charge is 2.27. The van der Waals surface area contributed by atoms with Crippen LogP contribution < -0.4 is 0 Å². The number of hydrogen-bond acceptors (Lipinski definition) is 5. The topological polar surface area (TPSA) is 67.7 Å². The molecular formula is C24H29ClN4O3S. The van der Waals surface area contributed by atoms with Crippen molar-refractivity contribution in [1.82, 2.24) is 18.8 Å². The van der Waals surface area contributed by atoms with Gasteiger partial charge in [0.1, 0.15) is 5.82 Å². The summed E-state index contributed by atoms with van der Waals surface area (Å²) < 4.78 is 36.1. The Hall–Kier alpha value is -2.23. The minimum absolute atomic E-state index is 0.189. The van der Waals surface area contributed by atoms with Crippen molar-refractivity contribution in [2.75, 3.05) is 39.4 Å². The van der Waals surface area contributed by atoms with Crippen LogP contribution in [0.15, 0.2) is 65.8 Å². The lowest BCUT2D eigenvalue weighted by Gasteiger charge is -2.29. The third-order valence-corrected chi connectivity index (χ3v) is 7.88. The maximum absolute atomic E-state index is 13.6. The first-order valence-electron chi connectivity index (χ1n) is 11.0. The number of halogens is 1. The quantitative estimate of drug-likeness (QED) is 0.461. The highest BCUT2D eigenvalue weighted by Crippen LogP contribution is 2.20. The van der Waals surface area contributed by atoms with Gasteiger partial charge in [-0.3, -0.25) is 4.90 Å². The molecule has 1 fully saturated rings. The number of ether oxygens (including phenoxy) is 1. The number of hydrogen-bond donors (Lipinski definition) is 0. The lowest BCUT2D eigenvalue weighted by atomic mass is 10.2. The van der Waals surface area contributed by atoms with Gasteiger partial charge in [-0.1, -0.05) is 41.4 Å². The highest BCUT2D eigenvalue weighted by molar-refractivity contribution is 7.89. The van der Waals surface area contributed by atoms with E-state index in [1.54, 1.807) is 18.3 Å². The van der Waals surface area contributed by atoms with Gasteiger partial charge >= 0.3 is 0 Å². The number of aromatic nitrogens is 2. The minimum Gasteiger partial charge on any atom is -0.379 e. The van der Waals surface area contributed by atoms with E-state index in [4.69, 9.17) is 16.3 Å². The van der Waals surface area contributed by atoms with Gasteiger partial charge < -0.3 is 9.30 Å². The SMILES string of the molecule is Cc1ccc(S(=O)(=O)N(CCN2CCOCC2)Cc2nccn2Cc2cccc(Cl)c2)cc1. The van der Waals surface area contributed by atoms with Crippen LogP contribution in [0, 0.1) is 6.92 Å². The Balaban J connectivity index is 1.57. The van der Waals surface area contributed by atoms with Crippen molar-refractivity contribution >= 4 is 21.6 Å². The molecule has 176 valence electrons. The third-order valence-electron chi connectivity index (χ3n) is 5.79. The summed E-state index contributed by atoms with van der Waals surface area (Å²) in [4.78, 5) is 7.01. The van der Waals surface area contributed by atoms with Gasteiger partial charge in [0.2, 0.25) is 10.0 Å². The highest BCUT2D eigenvalue weighted by atomic mass is 35.5. The monoisotopic (exact) mass is 488 g/mol. The maximum atomic E-state index is 13.6. The molecule has 0 amide bonds. The van der Waals surface area contributed by atoms with E-state index in [1.165, 1.54) is 4.31 Å². The molecule has 0 N–H and O–H groups in total. The van der Waals surface area contributed by atoms with Gasteiger partial charge in [0, 0.05) is 50.1 Å². The number of morpholine rings is 1. The summed E-state index contributed by atoms with van der Waals surface area (Å²) in [5.74, 6) is 0.688. The van der Waals surface area contributed by atoms with Gasteiger partial charge in [0.25, 0.3) is 0 Å². The molecule has 0 radical (unpaired) electrons. The van der Waals surface area contributed by atoms with Gasteiger partial charge in [-0.15, -0.1) is 0 Å². The van der Waals surface area contributed by atoms with Crippen LogP contribution in [0.25, 0.3) is 0 Å². The fourth-order valence-corrected chi connectivity index (χ4v) is 5.45. The third kappa shape index (κ3) is 6.22. The second-order valence-corrected chi connectivity index (χ2v) is 10.6. The molecule has 0 spiro atoms. The molecule has 1 aliphatic heterocycles. The molecule has 0 bridgehead atoms. The zero-order chi connectivity index (χ0) is 23.3. The van der Waals surface area contributed by atoms with Crippen molar-refractivity contribution < 1.29 is 13.2 Å². The van der Waals surface area contributed by atoms with Gasteiger partial charge in [-0.25, -0.2) is 13.4 Å². The predicted molar refractivity (Wildman–Crippen MR) is 129 cm³/mol. The first kappa shape index (κ1) is 23.9. The molecule has 9 heteroatoms. The summed E-state index contributed by atoms with van der Waals surface area (Å²) in [7, 11) is -3.69. The first-order valence-corrected chi connectivity index (χ1v) is 12.8. The summed E-state index contributed by atoms with van der Waals surface area (Å²) in [5.41, 5.74) is 2.05. The zero-order valence-corrected chi connectivity index (χ0v) is 20.3. The summed E-state index contributed by atoms with van der Waals surface area (Å²) in [6.07, 6.45) is 3.58. The smallest absolute Gasteiger partial charge is 0.243 e. The standard InChI is InChI=1S/C24H29ClN4O3S/c1-20-5-7-23(8-6-20)33(30,31)29(12-11-27-13-15-32-16-14-27)19-24-26-9-10-28(24)18-21-3-2-4-22(25)17-21/h2-10,17H,11-16,18-19H2,1H3. The normalized spacial score (nSPS) is 15.2. The number of nitrogens with zero attached hydrogens (tertiary/aromatic N) is 4. The van der Waals surface area contributed by atoms with Gasteiger partial charge in [0.15, 0.2) is 0 Å². The molecule has 1 aromatic heterocycles. The van der Waals surface area contributed by atoms with E-state index in [0.717, 1.165) is 24.2 Å². The van der Waals surface area contributed by atoms with Crippen LogP contribution in [0.2, 0.25) is 5.02 Å². The van der Waals surface area contributed by atoms with Crippen LogP contribution in [0.5, 0.6) is 0 Å². The Morgan fingerprint density at radius 1 is 1.12 bits per heavy atom. The van der Waals surface area contributed by atoms with Crippen molar-refractivity contribution in [3.05, 3.63) is 82.9 Å². The zero-order valence-electron chi connectivity index (χ0n) is 18.7. The number of imidazole rings is 1. The van der Waals surface area contributed by atoms with Crippen molar-refractivity contribution in [1.29, 1.82) is 0 Å². The molecule has 0 saturated carbocycles. The molecule has 33 heavy (non-hydrogen) atoms. The summed E-state index contributed by atoms with van der Waals surface area (Å²) >= 11 is 6.14. The number of aryl methyl sites for hydroxylation is 1. The van der Waals surface area contributed by atoms with E-state index in [9.17, 15) is 8.42 Å². The number of rotatable bonds is 9. The molecule has 1 saturated heterocycles. The molecule has 0 unspecified atom stereocenters. The second-order valence-electron chi connectivity index (χ2n) is 8.21. The maximum Gasteiger partial charge on any atom is 0.243 e. The van der Waals surface area contributed by atoms with Crippen molar-refractivity contribution in [2.24, 2.45) is 0 Å². The summed E-state index contributed by atoms with van der Waals surface area (Å²) in [6, 6.07) is 14.6. The van der Waals surface area contributed by atoms with E-state index < -0.39 is 10.0 Å². The average Bonchev–Trinajstić information content (AvgIpc) is 3.24. The van der Waals surface area contributed by atoms with Crippen LogP contribution >= 0.6 is 11.6 Å². The Kier molecular flexibility index (Phi) is 7.82. The molecule has 7 nitrogen and oxygen atoms in total. The van der Waals surface area contributed by atoms with Crippen LogP contribution in [-0.4, -0.2) is 66.6 Å². The molecule has 1 aliphatic rings. The Labute approximate surface area is 200 Å². The predicted octanol–water partition coefficient (Wildman–Crippen LogP) is 3.42.